The summed E-state index contributed by atoms with van der Waals surface area (Å²) in [6.45, 7) is 0. The molecule has 82 valence electrons. The Hall–Kier alpha value is -0.630. The molecule has 1 saturated carbocycles. The Balaban J connectivity index is 2.00. The van der Waals surface area contributed by atoms with Crippen molar-refractivity contribution in [3.05, 3.63) is 20.3 Å². The van der Waals surface area contributed by atoms with Gasteiger partial charge in [-0.05, 0) is 35.4 Å². The van der Waals surface area contributed by atoms with Crippen molar-refractivity contribution in [1.29, 1.82) is 0 Å². The number of nitrogens with one attached hydrogen (secondary N) is 2. The summed E-state index contributed by atoms with van der Waals surface area (Å²) in [4.78, 5) is 17.9. The van der Waals surface area contributed by atoms with E-state index in [1.807, 2.05) is 22.6 Å². The molecule has 0 bridgehead atoms. The van der Waals surface area contributed by atoms with Gasteiger partial charge in [-0.2, -0.15) is 0 Å². The molecule has 15 heavy (non-hydrogen) atoms. The highest BCUT2D eigenvalue weighted by molar-refractivity contribution is 14.1. The molecule has 2 N–H and O–H groups in total. The van der Waals surface area contributed by atoms with Gasteiger partial charge >= 0.3 is 0 Å². The number of aromatic amines is 1. The van der Waals surface area contributed by atoms with Crippen LogP contribution >= 0.6 is 22.6 Å². The van der Waals surface area contributed by atoms with E-state index in [2.05, 4.69) is 15.3 Å². The molecule has 1 fully saturated rings. The molecule has 1 aromatic rings. The number of halogens is 1. The molecule has 0 radical (unpaired) electrons. The van der Waals surface area contributed by atoms with E-state index in [4.69, 9.17) is 4.74 Å². The van der Waals surface area contributed by atoms with Gasteiger partial charge in [0.25, 0.3) is 5.56 Å². The van der Waals surface area contributed by atoms with Crippen molar-refractivity contribution in [2.24, 2.45) is 0 Å². The van der Waals surface area contributed by atoms with Gasteiger partial charge in [0.1, 0.15) is 9.39 Å². The van der Waals surface area contributed by atoms with Crippen LogP contribution in [0.4, 0.5) is 5.82 Å². The third kappa shape index (κ3) is 2.31. The summed E-state index contributed by atoms with van der Waals surface area (Å²) < 4.78 is 5.79. The van der Waals surface area contributed by atoms with E-state index in [9.17, 15) is 4.79 Å². The van der Waals surface area contributed by atoms with Gasteiger partial charge in [0.2, 0.25) is 0 Å². The second kappa shape index (κ2) is 4.48. The van der Waals surface area contributed by atoms with Gasteiger partial charge in [0, 0.05) is 13.2 Å². The number of H-pyrrole nitrogens is 1. The van der Waals surface area contributed by atoms with E-state index in [0.29, 0.717) is 21.5 Å². The molecule has 0 unspecified atom stereocenters. The van der Waals surface area contributed by atoms with Gasteiger partial charge in [-0.3, -0.25) is 4.79 Å². The maximum atomic E-state index is 11.3. The van der Waals surface area contributed by atoms with Crippen molar-refractivity contribution in [3.8, 4) is 0 Å². The first-order valence-corrected chi connectivity index (χ1v) is 5.81. The molecule has 1 heterocycles. The summed E-state index contributed by atoms with van der Waals surface area (Å²) in [5.41, 5.74) is -0.101. The average Bonchev–Trinajstić information content (AvgIpc) is 2.17. The molecule has 2 rings (SSSR count). The molecule has 0 spiro atoms. The first-order chi connectivity index (χ1) is 7.20. The summed E-state index contributed by atoms with van der Waals surface area (Å²) in [6, 6.07) is 0.373. The highest BCUT2D eigenvalue weighted by atomic mass is 127. The Labute approximate surface area is 101 Å². The fraction of sp³-hybridized carbons (Fsp3) is 0.556. The topological polar surface area (TPSA) is 67.0 Å². The van der Waals surface area contributed by atoms with Crippen LogP contribution in [0.2, 0.25) is 0 Å². The normalized spacial score (nSPS) is 24.7. The summed E-state index contributed by atoms with van der Waals surface area (Å²) in [5, 5.41) is 3.23. The fourth-order valence-electron chi connectivity index (χ4n) is 1.55. The van der Waals surface area contributed by atoms with E-state index in [1.54, 1.807) is 7.11 Å². The number of hydrogen-bond donors (Lipinski definition) is 2. The van der Waals surface area contributed by atoms with Crippen LogP contribution < -0.4 is 10.9 Å². The van der Waals surface area contributed by atoms with Crippen molar-refractivity contribution in [3.63, 3.8) is 0 Å². The number of hydrogen-bond acceptors (Lipinski definition) is 4. The second-order valence-corrected chi connectivity index (χ2v) is 4.64. The molecular formula is C9H12IN3O2. The van der Waals surface area contributed by atoms with Crippen LogP contribution in [0.25, 0.3) is 0 Å². The lowest BCUT2D eigenvalue weighted by atomic mass is 9.89. The molecule has 5 nitrogen and oxygen atoms in total. The molecule has 6 heteroatoms. The molecule has 1 aliphatic carbocycles. The minimum atomic E-state index is -0.101. The average molecular weight is 321 g/mol. The van der Waals surface area contributed by atoms with Crippen molar-refractivity contribution in [1.82, 2.24) is 9.97 Å². The van der Waals surface area contributed by atoms with Crippen molar-refractivity contribution >= 4 is 28.4 Å². The minimum Gasteiger partial charge on any atom is -0.381 e. The molecule has 0 amide bonds. The highest BCUT2D eigenvalue weighted by Crippen LogP contribution is 2.26. The Morgan fingerprint density at radius 3 is 3.07 bits per heavy atom. The molecule has 0 atom stereocenters. The van der Waals surface area contributed by atoms with Crippen LogP contribution in [0.5, 0.6) is 0 Å². The predicted molar refractivity (Wildman–Crippen MR) is 65.0 cm³/mol. The Morgan fingerprint density at radius 2 is 2.40 bits per heavy atom. The minimum absolute atomic E-state index is 0.101. The third-order valence-corrected chi connectivity index (χ3v) is 3.57. The quantitative estimate of drug-likeness (QED) is 0.814. The second-order valence-electron chi connectivity index (χ2n) is 3.56. The van der Waals surface area contributed by atoms with E-state index in [0.717, 1.165) is 12.8 Å². The Kier molecular flexibility index (Phi) is 3.25. The zero-order valence-corrected chi connectivity index (χ0v) is 10.4. The van der Waals surface area contributed by atoms with Crippen LogP contribution in [0.1, 0.15) is 12.8 Å². The van der Waals surface area contributed by atoms with Gasteiger partial charge < -0.3 is 15.0 Å². The lowest BCUT2D eigenvalue weighted by Gasteiger charge is -2.34. The van der Waals surface area contributed by atoms with Crippen molar-refractivity contribution < 1.29 is 4.74 Å². The number of methoxy groups -OCH3 is 1. The lowest BCUT2D eigenvalue weighted by molar-refractivity contribution is 0.0327. The molecular weight excluding hydrogens is 309 g/mol. The zero-order chi connectivity index (χ0) is 10.8. The first kappa shape index (κ1) is 10.9. The van der Waals surface area contributed by atoms with E-state index >= 15 is 0 Å². The van der Waals surface area contributed by atoms with Crippen molar-refractivity contribution in [2.75, 3.05) is 12.4 Å². The monoisotopic (exact) mass is 321 g/mol. The van der Waals surface area contributed by atoms with Crippen LogP contribution in [0, 0.1) is 3.57 Å². The highest BCUT2D eigenvalue weighted by Gasteiger charge is 2.29. The lowest BCUT2D eigenvalue weighted by Crippen LogP contribution is -2.40. The number of ether oxygens (including phenoxy) is 1. The van der Waals surface area contributed by atoms with Crippen LogP contribution in [0.15, 0.2) is 11.1 Å². The van der Waals surface area contributed by atoms with Gasteiger partial charge in [-0.15, -0.1) is 0 Å². The molecule has 0 aliphatic heterocycles. The summed E-state index contributed by atoms with van der Waals surface area (Å²) in [5.74, 6) is 0.666. The summed E-state index contributed by atoms with van der Waals surface area (Å²) >= 11 is 1.99. The van der Waals surface area contributed by atoms with Crippen LogP contribution in [0.3, 0.4) is 0 Å². The Bertz CT molecular complexity index is 401. The van der Waals surface area contributed by atoms with Gasteiger partial charge in [-0.1, -0.05) is 0 Å². The number of anilines is 1. The van der Waals surface area contributed by atoms with E-state index in [-0.39, 0.29) is 5.56 Å². The largest absolute Gasteiger partial charge is 0.381 e. The summed E-state index contributed by atoms with van der Waals surface area (Å²) in [6.07, 6.45) is 3.71. The molecule has 1 aliphatic rings. The zero-order valence-electron chi connectivity index (χ0n) is 8.29. The van der Waals surface area contributed by atoms with Gasteiger partial charge in [-0.25, -0.2) is 4.98 Å². The Morgan fingerprint density at radius 1 is 1.67 bits per heavy atom. The summed E-state index contributed by atoms with van der Waals surface area (Å²) in [7, 11) is 1.72. The number of aromatic nitrogens is 2. The van der Waals surface area contributed by atoms with Gasteiger partial charge in [0.15, 0.2) is 0 Å². The third-order valence-electron chi connectivity index (χ3n) is 2.57. The standard InChI is InChI=1S/C9H12IN3O2/c1-15-6-2-5(3-6)13-8-7(10)9(14)12-4-11-8/h4-6H,2-3H2,1H3,(H2,11,12,13,14). The molecule has 0 saturated heterocycles. The number of nitrogens with zero attached hydrogens (tertiary/aromatic N) is 1. The smallest absolute Gasteiger partial charge is 0.266 e. The molecule has 0 aromatic carbocycles. The van der Waals surface area contributed by atoms with E-state index in [1.165, 1.54) is 6.33 Å². The maximum absolute atomic E-state index is 11.3. The molecule has 1 aromatic heterocycles. The number of rotatable bonds is 3. The van der Waals surface area contributed by atoms with Crippen LogP contribution in [-0.2, 0) is 4.74 Å². The van der Waals surface area contributed by atoms with Gasteiger partial charge in [0.05, 0.1) is 12.4 Å². The van der Waals surface area contributed by atoms with Crippen molar-refractivity contribution in [2.45, 2.75) is 25.0 Å². The first-order valence-electron chi connectivity index (χ1n) is 4.73. The fourth-order valence-corrected chi connectivity index (χ4v) is 2.00. The van der Waals surface area contributed by atoms with E-state index < -0.39 is 0 Å². The van der Waals surface area contributed by atoms with Crippen LogP contribution in [-0.4, -0.2) is 29.2 Å². The SMILES string of the molecule is COC1CC(Nc2nc[nH]c(=O)c2I)C1. The maximum Gasteiger partial charge on any atom is 0.266 e. The predicted octanol–water partition coefficient (Wildman–Crippen LogP) is 0.964.